The molecule has 2 aromatic heterocycles. The maximum Gasteiger partial charge on any atom is 0.123 e. The molecule has 0 bridgehead atoms. The van der Waals surface area contributed by atoms with Crippen LogP contribution in [0.2, 0.25) is 0 Å². The first-order valence-electron chi connectivity index (χ1n) is 10.5. The van der Waals surface area contributed by atoms with Crippen molar-refractivity contribution in [2.24, 2.45) is 11.3 Å². The molecule has 0 spiro atoms. The molecular formula is C25H26FN3O. The van der Waals surface area contributed by atoms with Crippen LogP contribution in [-0.4, -0.2) is 19.6 Å². The fraction of sp³-hybridized carbons (Fsp3) is 0.360. The van der Waals surface area contributed by atoms with Gasteiger partial charge in [0.1, 0.15) is 5.82 Å². The van der Waals surface area contributed by atoms with Crippen molar-refractivity contribution in [1.29, 1.82) is 0 Å². The topological polar surface area (TPSA) is 50.9 Å². The first kappa shape index (κ1) is 19.2. The number of imidazole rings is 1. The minimum atomic E-state index is -0.972. The fourth-order valence-electron chi connectivity index (χ4n) is 5.56. The smallest absolute Gasteiger partial charge is 0.123 e. The van der Waals surface area contributed by atoms with Crippen LogP contribution in [0, 0.1) is 17.2 Å². The van der Waals surface area contributed by atoms with Gasteiger partial charge in [-0.15, -0.1) is 0 Å². The largest absolute Gasteiger partial charge is 0.385 e. The molecule has 3 heterocycles. The third kappa shape index (κ3) is 2.91. The van der Waals surface area contributed by atoms with Gasteiger partial charge in [-0.1, -0.05) is 18.6 Å². The molecule has 1 aliphatic heterocycles. The standard InChI is InChI=1S/C25H26FN3O/c1-24-15-29-16-28-23(17-8-10-20(26)11-9-17)21(29)13-18(24)5-3-7-22(24)25(2,30)19-6-4-12-27-14-19/h4,6,8-14,16,22,30H,3,5,7,15H2,1-2H3/t22-,24-,25+/m0/s1. The van der Waals surface area contributed by atoms with Crippen molar-refractivity contribution in [3.63, 3.8) is 0 Å². The van der Waals surface area contributed by atoms with Crippen LogP contribution in [0.15, 0.2) is 60.7 Å². The second-order valence-electron chi connectivity index (χ2n) is 9.03. The van der Waals surface area contributed by atoms with Gasteiger partial charge in [-0.05, 0) is 62.6 Å². The molecule has 1 N–H and O–H groups in total. The van der Waals surface area contributed by atoms with Crippen LogP contribution in [0.5, 0.6) is 0 Å². The minimum Gasteiger partial charge on any atom is -0.385 e. The van der Waals surface area contributed by atoms with Gasteiger partial charge < -0.3 is 9.67 Å². The molecule has 4 nitrogen and oxygen atoms in total. The Morgan fingerprint density at radius 3 is 2.77 bits per heavy atom. The quantitative estimate of drug-likeness (QED) is 0.654. The van der Waals surface area contributed by atoms with E-state index in [-0.39, 0.29) is 17.2 Å². The molecule has 1 aliphatic carbocycles. The van der Waals surface area contributed by atoms with E-state index in [4.69, 9.17) is 0 Å². The van der Waals surface area contributed by atoms with E-state index < -0.39 is 5.60 Å². The van der Waals surface area contributed by atoms with Crippen LogP contribution in [-0.2, 0) is 12.1 Å². The van der Waals surface area contributed by atoms with Gasteiger partial charge in [-0.3, -0.25) is 4.98 Å². The average molecular weight is 404 g/mol. The zero-order valence-electron chi connectivity index (χ0n) is 17.3. The van der Waals surface area contributed by atoms with Gasteiger partial charge in [0.2, 0.25) is 0 Å². The normalized spacial score (nSPS) is 25.1. The summed E-state index contributed by atoms with van der Waals surface area (Å²) in [6.07, 6.45) is 10.7. The first-order valence-corrected chi connectivity index (χ1v) is 10.5. The number of nitrogens with zero attached hydrogens (tertiary/aromatic N) is 3. The van der Waals surface area contributed by atoms with Crippen molar-refractivity contribution in [3.8, 4) is 11.3 Å². The van der Waals surface area contributed by atoms with Gasteiger partial charge in [0.05, 0.1) is 23.3 Å². The average Bonchev–Trinajstić information content (AvgIpc) is 3.14. The molecule has 5 rings (SSSR count). The van der Waals surface area contributed by atoms with Gasteiger partial charge >= 0.3 is 0 Å². The van der Waals surface area contributed by atoms with Crippen LogP contribution in [0.1, 0.15) is 44.4 Å². The van der Waals surface area contributed by atoms with E-state index in [1.54, 1.807) is 24.5 Å². The van der Waals surface area contributed by atoms with Crippen molar-refractivity contribution in [2.45, 2.75) is 45.3 Å². The Bertz CT molecular complexity index is 1100. The van der Waals surface area contributed by atoms with Gasteiger partial charge in [-0.25, -0.2) is 9.37 Å². The molecule has 1 fully saturated rings. The van der Waals surface area contributed by atoms with Crippen molar-refractivity contribution < 1.29 is 9.50 Å². The summed E-state index contributed by atoms with van der Waals surface area (Å²) in [4.78, 5) is 8.89. The van der Waals surface area contributed by atoms with Crippen LogP contribution in [0.25, 0.3) is 17.3 Å². The van der Waals surface area contributed by atoms with Crippen molar-refractivity contribution in [2.75, 3.05) is 0 Å². The lowest BCUT2D eigenvalue weighted by Gasteiger charge is -2.51. The van der Waals surface area contributed by atoms with E-state index >= 15 is 0 Å². The number of hydrogen-bond donors (Lipinski definition) is 1. The third-order valence-corrected chi connectivity index (χ3v) is 7.17. The summed E-state index contributed by atoms with van der Waals surface area (Å²) in [6.45, 7) is 4.97. The highest BCUT2D eigenvalue weighted by Gasteiger charge is 2.51. The van der Waals surface area contributed by atoms with Gasteiger partial charge in [0.15, 0.2) is 0 Å². The number of pyridine rings is 1. The number of allylic oxidation sites excluding steroid dienone is 1. The predicted molar refractivity (Wildman–Crippen MR) is 115 cm³/mol. The molecule has 154 valence electrons. The summed E-state index contributed by atoms with van der Waals surface area (Å²) in [5.74, 6) is -0.176. The van der Waals surface area contributed by atoms with Crippen LogP contribution >= 0.6 is 0 Å². The number of hydrogen-bond acceptors (Lipinski definition) is 3. The molecule has 0 unspecified atom stereocenters. The SMILES string of the molecule is C[C@]12Cn3cnc(-c4ccc(F)cc4)c3C=C1CCC[C@@H]2[C@](C)(O)c1cccnc1. The molecule has 3 atom stereocenters. The van der Waals surface area contributed by atoms with Crippen molar-refractivity contribution >= 4 is 6.08 Å². The van der Waals surface area contributed by atoms with Gasteiger partial charge in [-0.2, -0.15) is 0 Å². The highest BCUT2D eigenvalue weighted by Crippen LogP contribution is 2.55. The molecule has 1 aromatic carbocycles. The Kier molecular flexibility index (Phi) is 4.40. The molecular weight excluding hydrogens is 377 g/mol. The zero-order valence-corrected chi connectivity index (χ0v) is 17.3. The summed E-state index contributed by atoms with van der Waals surface area (Å²) in [5, 5.41) is 11.6. The molecule has 30 heavy (non-hydrogen) atoms. The monoisotopic (exact) mass is 403 g/mol. The number of halogens is 1. The highest BCUT2D eigenvalue weighted by atomic mass is 19.1. The number of benzene rings is 1. The maximum atomic E-state index is 13.4. The van der Waals surface area contributed by atoms with Crippen molar-refractivity contribution in [3.05, 3.63) is 77.8 Å². The molecule has 1 saturated carbocycles. The molecule has 3 aromatic rings. The van der Waals surface area contributed by atoms with Crippen LogP contribution in [0.4, 0.5) is 4.39 Å². The van der Waals surface area contributed by atoms with E-state index in [9.17, 15) is 9.50 Å². The van der Waals surface area contributed by atoms with Crippen LogP contribution in [0.3, 0.4) is 0 Å². The van der Waals surface area contributed by atoms with Gasteiger partial charge in [0, 0.05) is 41.4 Å². The fourth-order valence-corrected chi connectivity index (χ4v) is 5.56. The summed E-state index contributed by atoms with van der Waals surface area (Å²) in [5.41, 5.74) is 3.94. The molecule has 0 amide bonds. The van der Waals surface area contributed by atoms with Crippen LogP contribution < -0.4 is 0 Å². The van der Waals surface area contributed by atoms with E-state index in [1.165, 1.54) is 17.7 Å². The second-order valence-corrected chi connectivity index (χ2v) is 9.03. The summed E-state index contributed by atoms with van der Waals surface area (Å²) >= 11 is 0. The summed E-state index contributed by atoms with van der Waals surface area (Å²) in [7, 11) is 0. The number of aliphatic hydroxyl groups is 1. The lowest BCUT2D eigenvalue weighted by Crippen LogP contribution is -2.48. The highest BCUT2D eigenvalue weighted by molar-refractivity contribution is 5.72. The number of aromatic nitrogens is 3. The Morgan fingerprint density at radius 2 is 2.03 bits per heavy atom. The summed E-state index contributed by atoms with van der Waals surface area (Å²) in [6, 6.07) is 10.4. The Hall–Kier alpha value is -2.79. The van der Waals surface area contributed by atoms with E-state index in [2.05, 4.69) is 27.5 Å². The molecule has 0 saturated heterocycles. The predicted octanol–water partition coefficient (Wildman–Crippen LogP) is 5.20. The van der Waals surface area contributed by atoms with E-state index in [0.717, 1.165) is 48.3 Å². The van der Waals surface area contributed by atoms with E-state index in [0.29, 0.717) is 0 Å². The van der Waals surface area contributed by atoms with Gasteiger partial charge in [0.25, 0.3) is 0 Å². The zero-order chi connectivity index (χ0) is 20.9. The lowest BCUT2D eigenvalue weighted by molar-refractivity contribution is -0.0715. The second kappa shape index (κ2) is 6.88. The third-order valence-electron chi connectivity index (χ3n) is 7.17. The Balaban J connectivity index is 1.56. The lowest BCUT2D eigenvalue weighted by atomic mass is 9.57. The molecule has 2 aliphatic rings. The minimum absolute atomic E-state index is 0.0685. The maximum absolute atomic E-state index is 13.4. The van der Waals surface area contributed by atoms with E-state index in [1.807, 2.05) is 25.4 Å². The Morgan fingerprint density at radius 1 is 1.23 bits per heavy atom. The first-order chi connectivity index (χ1) is 14.4. The van der Waals surface area contributed by atoms with Crippen molar-refractivity contribution in [1.82, 2.24) is 14.5 Å². The Labute approximate surface area is 176 Å². The summed E-state index contributed by atoms with van der Waals surface area (Å²) < 4.78 is 15.5. The molecule has 0 radical (unpaired) electrons. The number of fused-ring (bicyclic) bond motifs is 2. The molecule has 5 heteroatoms. The number of rotatable bonds is 3.